The number of imidazole rings is 1. The van der Waals surface area contributed by atoms with Crippen LogP contribution in [0.5, 0.6) is 0 Å². The molecule has 7 nitrogen and oxygen atoms in total. The SMILES string of the molecule is Fc1ccc(-c2nccc3[nH]c(-c4n[nH]c5cc(F)c(-c6cncnc6)cc45)nc23)s1. The van der Waals surface area contributed by atoms with Crippen molar-refractivity contribution in [3.63, 3.8) is 0 Å². The van der Waals surface area contributed by atoms with Gasteiger partial charge in [0.2, 0.25) is 0 Å². The maximum atomic E-state index is 14.7. The predicted octanol–water partition coefficient (Wildman–Crippen LogP) is 4.96. The number of pyridine rings is 1. The van der Waals surface area contributed by atoms with E-state index in [0.717, 1.165) is 16.9 Å². The summed E-state index contributed by atoms with van der Waals surface area (Å²) in [5.41, 5.74) is 3.92. The molecule has 10 heteroatoms. The number of aromatic amines is 2. The van der Waals surface area contributed by atoms with Gasteiger partial charge in [-0.15, -0.1) is 11.3 Å². The highest BCUT2D eigenvalue weighted by Gasteiger charge is 2.18. The summed E-state index contributed by atoms with van der Waals surface area (Å²) in [5, 5.41) is 7.61. The molecule has 5 aromatic heterocycles. The molecule has 0 radical (unpaired) electrons. The summed E-state index contributed by atoms with van der Waals surface area (Å²) in [6, 6.07) is 7.96. The van der Waals surface area contributed by atoms with E-state index in [0.29, 0.717) is 49.6 Å². The summed E-state index contributed by atoms with van der Waals surface area (Å²) in [6.45, 7) is 0. The number of aromatic nitrogens is 7. The van der Waals surface area contributed by atoms with Gasteiger partial charge in [-0.1, -0.05) is 0 Å². The van der Waals surface area contributed by atoms with Gasteiger partial charge >= 0.3 is 0 Å². The second-order valence-corrected chi connectivity index (χ2v) is 7.86. The molecule has 6 rings (SSSR count). The Bertz CT molecular complexity index is 1570. The molecule has 0 amide bonds. The van der Waals surface area contributed by atoms with Crippen molar-refractivity contribution in [2.24, 2.45) is 0 Å². The lowest BCUT2D eigenvalue weighted by atomic mass is 10.0. The molecule has 0 saturated carbocycles. The highest BCUT2D eigenvalue weighted by Crippen LogP contribution is 2.34. The Kier molecular flexibility index (Phi) is 3.87. The Morgan fingerprint density at radius 2 is 1.81 bits per heavy atom. The van der Waals surface area contributed by atoms with Crippen LogP contribution in [0.1, 0.15) is 0 Å². The molecule has 0 aliphatic rings. The third kappa shape index (κ3) is 2.88. The van der Waals surface area contributed by atoms with Gasteiger partial charge in [-0.05, 0) is 24.3 Å². The number of rotatable bonds is 3. The molecule has 150 valence electrons. The summed E-state index contributed by atoms with van der Waals surface area (Å²) in [5.74, 6) is 0.0858. The molecule has 0 atom stereocenters. The van der Waals surface area contributed by atoms with Crippen LogP contribution >= 0.6 is 11.3 Å². The fraction of sp³-hybridized carbons (Fsp3) is 0. The van der Waals surface area contributed by atoms with Gasteiger partial charge in [0.25, 0.3) is 0 Å². The van der Waals surface area contributed by atoms with Crippen molar-refractivity contribution < 1.29 is 8.78 Å². The van der Waals surface area contributed by atoms with Gasteiger partial charge in [-0.2, -0.15) is 9.49 Å². The Morgan fingerprint density at radius 3 is 2.61 bits per heavy atom. The van der Waals surface area contributed by atoms with Gasteiger partial charge in [0.05, 0.1) is 15.9 Å². The zero-order valence-electron chi connectivity index (χ0n) is 15.6. The van der Waals surface area contributed by atoms with Crippen LogP contribution in [0.25, 0.3) is 55.2 Å². The van der Waals surface area contributed by atoms with Crippen molar-refractivity contribution >= 4 is 33.3 Å². The lowest BCUT2D eigenvalue weighted by Gasteiger charge is -2.03. The van der Waals surface area contributed by atoms with Crippen LogP contribution in [0.3, 0.4) is 0 Å². The molecule has 5 heterocycles. The fourth-order valence-electron chi connectivity index (χ4n) is 3.55. The van der Waals surface area contributed by atoms with E-state index in [1.54, 1.807) is 36.8 Å². The number of fused-ring (bicyclic) bond motifs is 2. The van der Waals surface area contributed by atoms with E-state index >= 15 is 0 Å². The van der Waals surface area contributed by atoms with E-state index in [-0.39, 0.29) is 5.13 Å². The zero-order valence-corrected chi connectivity index (χ0v) is 16.4. The first-order valence-corrected chi connectivity index (χ1v) is 10.0. The number of hydrogen-bond acceptors (Lipinski definition) is 6. The van der Waals surface area contributed by atoms with Crippen molar-refractivity contribution in [3.8, 4) is 33.2 Å². The second-order valence-electron chi connectivity index (χ2n) is 6.82. The molecule has 0 saturated heterocycles. The van der Waals surface area contributed by atoms with Crippen molar-refractivity contribution in [3.05, 3.63) is 66.2 Å². The summed E-state index contributed by atoms with van der Waals surface area (Å²) < 4.78 is 28.2. The first-order chi connectivity index (χ1) is 15.2. The maximum Gasteiger partial charge on any atom is 0.177 e. The zero-order chi connectivity index (χ0) is 20.9. The number of nitrogens with zero attached hydrogens (tertiary/aromatic N) is 5. The Labute approximate surface area is 176 Å². The first kappa shape index (κ1) is 17.8. The number of H-pyrrole nitrogens is 2. The molecule has 1 aromatic carbocycles. The van der Waals surface area contributed by atoms with Crippen molar-refractivity contribution in [2.75, 3.05) is 0 Å². The van der Waals surface area contributed by atoms with Crippen molar-refractivity contribution in [2.45, 2.75) is 0 Å². The van der Waals surface area contributed by atoms with Gasteiger partial charge in [0.1, 0.15) is 29.0 Å². The largest absolute Gasteiger partial charge is 0.336 e. The average molecular weight is 431 g/mol. The van der Waals surface area contributed by atoms with E-state index < -0.39 is 5.82 Å². The first-order valence-electron chi connectivity index (χ1n) is 9.21. The minimum Gasteiger partial charge on any atom is -0.336 e. The monoisotopic (exact) mass is 431 g/mol. The van der Waals surface area contributed by atoms with Gasteiger partial charge in [0, 0.05) is 41.2 Å². The van der Waals surface area contributed by atoms with Crippen LogP contribution < -0.4 is 0 Å². The summed E-state index contributed by atoms with van der Waals surface area (Å²) >= 11 is 1.01. The highest BCUT2D eigenvalue weighted by atomic mass is 32.1. The molecular formula is C21H11F2N7S. The topological polar surface area (TPSA) is 96.0 Å². The van der Waals surface area contributed by atoms with Crippen molar-refractivity contribution in [1.29, 1.82) is 0 Å². The number of halogens is 2. The van der Waals surface area contributed by atoms with Crippen LogP contribution in [0.2, 0.25) is 0 Å². The van der Waals surface area contributed by atoms with Crippen LogP contribution in [0.15, 0.2) is 55.2 Å². The number of thiophene rings is 1. The minimum absolute atomic E-state index is 0.290. The lowest BCUT2D eigenvalue weighted by Crippen LogP contribution is -1.88. The summed E-state index contributed by atoms with van der Waals surface area (Å²) in [4.78, 5) is 20.9. The average Bonchev–Trinajstić information content (AvgIpc) is 3.50. The predicted molar refractivity (Wildman–Crippen MR) is 113 cm³/mol. The normalized spacial score (nSPS) is 11.5. The van der Waals surface area contributed by atoms with Crippen LogP contribution in [0.4, 0.5) is 8.78 Å². The Hall–Kier alpha value is -4.05. The molecule has 31 heavy (non-hydrogen) atoms. The molecule has 0 unspecified atom stereocenters. The summed E-state index contributed by atoms with van der Waals surface area (Å²) in [6.07, 6.45) is 6.14. The second kappa shape index (κ2) is 6.74. The lowest BCUT2D eigenvalue weighted by molar-refractivity contribution is 0.632. The van der Waals surface area contributed by atoms with Crippen molar-refractivity contribution in [1.82, 2.24) is 35.1 Å². The number of hydrogen-bond donors (Lipinski definition) is 2. The van der Waals surface area contributed by atoms with Gasteiger partial charge < -0.3 is 4.98 Å². The Morgan fingerprint density at radius 1 is 0.935 bits per heavy atom. The van der Waals surface area contributed by atoms with Crippen LogP contribution in [-0.4, -0.2) is 35.1 Å². The smallest absolute Gasteiger partial charge is 0.177 e. The molecule has 0 bridgehead atoms. The molecule has 0 aliphatic heterocycles. The third-order valence-corrected chi connectivity index (χ3v) is 5.83. The number of nitrogens with one attached hydrogen (secondary N) is 2. The Balaban J connectivity index is 1.54. The highest BCUT2D eigenvalue weighted by molar-refractivity contribution is 7.13. The molecule has 6 aromatic rings. The van der Waals surface area contributed by atoms with Crippen LogP contribution in [-0.2, 0) is 0 Å². The van der Waals surface area contributed by atoms with E-state index in [1.807, 2.05) is 0 Å². The van der Waals surface area contributed by atoms with E-state index in [1.165, 1.54) is 18.5 Å². The quantitative estimate of drug-likeness (QED) is 0.413. The standard InChI is InChI=1S/C21H11F2N7S/c22-13-6-15-12(5-11(13)10-7-24-9-25-8-10)18(30-29-15)21-27-14-3-4-26-20(19(14)28-21)16-1-2-17(23)31-16/h1-9H,(H,27,28)(H,29,30). The van der Waals surface area contributed by atoms with E-state index in [9.17, 15) is 8.78 Å². The third-order valence-electron chi connectivity index (χ3n) is 4.95. The van der Waals surface area contributed by atoms with E-state index in [4.69, 9.17) is 0 Å². The molecule has 2 N–H and O–H groups in total. The summed E-state index contributed by atoms with van der Waals surface area (Å²) in [7, 11) is 0. The van der Waals surface area contributed by atoms with E-state index in [2.05, 4.69) is 35.1 Å². The maximum absolute atomic E-state index is 14.7. The fourth-order valence-corrected chi connectivity index (χ4v) is 4.28. The molecule has 0 spiro atoms. The molecule has 0 fully saturated rings. The minimum atomic E-state index is -0.409. The molecular weight excluding hydrogens is 420 g/mol. The van der Waals surface area contributed by atoms with Gasteiger partial charge in [-0.3, -0.25) is 10.1 Å². The van der Waals surface area contributed by atoms with Gasteiger partial charge in [0.15, 0.2) is 11.0 Å². The number of benzene rings is 1. The molecule has 0 aliphatic carbocycles. The van der Waals surface area contributed by atoms with Crippen LogP contribution in [0, 0.1) is 10.9 Å². The van der Waals surface area contributed by atoms with Gasteiger partial charge in [-0.25, -0.2) is 19.3 Å².